The highest BCUT2D eigenvalue weighted by Crippen LogP contribution is 2.18. The van der Waals surface area contributed by atoms with E-state index in [0.29, 0.717) is 11.3 Å². The fourth-order valence-electron chi connectivity index (χ4n) is 2.07. The Morgan fingerprint density at radius 3 is 1.96 bits per heavy atom. The molecule has 5 nitrogen and oxygen atoms in total. The minimum atomic E-state index is -0.495. The molecular formula is C20H15NO4. The second-order valence-corrected chi connectivity index (χ2v) is 5.28. The lowest BCUT2D eigenvalue weighted by Crippen LogP contribution is -2.08. The molecule has 0 radical (unpaired) electrons. The maximum atomic E-state index is 12.0. The molecule has 0 saturated heterocycles. The van der Waals surface area contributed by atoms with E-state index in [1.807, 2.05) is 0 Å². The van der Waals surface area contributed by atoms with Crippen LogP contribution in [0.3, 0.4) is 0 Å². The summed E-state index contributed by atoms with van der Waals surface area (Å²) in [6, 6.07) is 19.3. The van der Waals surface area contributed by atoms with Crippen molar-refractivity contribution >= 4 is 17.9 Å². The number of ether oxygens (including phenoxy) is 1. The van der Waals surface area contributed by atoms with E-state index in [-0.39, 0.29) is 11.5 Å². The Kier molecular flexibility index (Phi) is 4.76. The van der Waals surface area contributed by atoms with E-state index in [1.54, 1.807) is 54.7 Å². The first kappa shape index (κ1) is 16.3. The van der Waals surface area contributed by atoms with Gasteiger partial charge in [-0.05, 0) is 78.4 Å². The molecule has 0 bridgehead atoms. The number of esters is 1. The van der Waals surface area contributed by atoms with Crippen molar-refractivity contribution in [2.75, 3.05) is 0 Å². The van der Waals surface area contributed by atoms with Crippen molar-refractivity contribution in [3.63, 3.8) is 0 Å². The van der Waals surface area contributed by atoms with Crippen LogP contribution in [0.25, 0.3) is 0 Å². The molecule has 3 rings (SSSR count). The zero-order chi connectivity index (χ0) is 17.6. The number of rotatable bonds is 4. The van der Waals surface area contributed by atoms with E-state index in [0.717, 1.165) is 11.3 Å². The number of aromatic hydroxyl groups is 2. The fraction of sp³-hybridized carbons (Fsp3) is 0. The third-order valence-corrected chi connectivity index (χ3v) is 3.41. The van der Waals surface area contributed by atoms with Crippen LogP contribution >= 0.6 is 0 Å². The molecule has 124 valence electrons. The maximum Gasteiger partial charge on any atom is 0.343 e. The van der Waals surface area contributed by atoms with E-state index in [9.17, 15) is 15.0 Å². The Balaban J connectivity index is 1.64. The number of carbonyl (C=O) groups is 1. The van der Waals surface area contributed by atoms with Gasteiger partial charge in [0.1, 0.15) is 17.2 Å². The summed E-state index contributed by atoms with van der Waals surface area (Å²) >= 11 is 0. The normalized spacial score (nSPS) is 10.7. The molecule has 0 aliphatic carbocycles. The molecule has 0 unspecified atom stereocenters. The van der Waals surface area contributed by atoms with Crippen LogP contribution in [0.2, 0.25) is 0 Å². The monoisotopic (exact) mass is 333 g/mol. The van der Waals surface area contributed by atoms with Crippen LogP contribution < -0.4 is 4.74 Å². The summed E-state index contributed by atoms with van der Waals surface area (Å²) in [6.07, 6.45) is 1.68. The van der Waals surface area contributed by atoms with Gasteiger partial charge in [0.2, 0.25) is 0 Å². The van der Waals surface area contributed by atoms with Gasteiger partial charge in [-0.2, -0.15) is 0 Å². The van der Waals surface area contributed by atoms with Gasteiger partial charge in [-0.25, -0.2) is 4.79 Å². The number of carbonyl (C=O) groups excluding carboxylic acids is 1. The van der Waals surface area contributed by atoms with Crippen molar-refractivity contribution < 1.29 is 19.7 Å². The third kappa shape index (κ3) is 4.45. The third-order valence-electron chi connectivity index (χ3n) is 3.41. The lowest BCUT2D eigenvalue weighted by atomic mass is 10.2. The van der Waals surface area contributed by atoms with Gasteiger partial charge in [-0.1, -0.05) is 0 Å². The predicted molar refractivity (Wildman–Crippen MR) is 94.9 cm³/mol. The molecule has 3 aromatic carbocycles. The SMILES string of the molecule is O=C(Oc1ccc(C=Nc2ccc(O)cc2)cc1)c1ccc(O)cc1. The van der Waals surface area contributed by atoms with Crippen LogP contribution in [0, 0.1) is 0 Å². The lowest BCUT2D eigenvalue weighted by molar-refractivity contribution is 0.0735. The quantitative estimate of drug-likeness (QED) is 0.428. The topological polar surface area (TPSA) is 79.1 Å². The second-order valence-electron chi connectivity index (χ2n) is 5.28. The average Bonchev–Trinajstić information content (AvgIpc) is 2.63. The zero-order valence-corrected chi connectivity index (χ0v) is 13.2. The van der Waals surface area contributed by atoms with Crippen LogP contribution in [0.15, 0.2) is 77.8 Å². The van der Waals surface area contributed by atoms with Gasteiger partial charge in [0.25, 0.3) is 0 Å². The van der Waals surface area contributed by atoms with E-state index < -0.39 is 5.97 Å². The predicted octanol–water partition coefficient (Wildman–Crippen LogP) is 4.07. The van der Waals surface area contributed by atoms with Crippen LogP contribution in [0.1, 0.15) is 15.9 Å². The minimum Gasteiger partial charge on any atom is -0.508 e. The highest BCUT2D eigenvalue weighted by Gasteiger charge is 2.08. The largest absolute Gasteiger partial charge is 0.508 e. The number of phenols is 2. The number of nitrogens with zero attached hydrogens (tertiary/aromatic N) is 1. The fourth-order valence-corrected chi connectivity index (χ4v) is 2.07. The maximum absolute atomic E-state index is 12.0. The molecule has 0 saturated carbocycles. The summed E-state index contributed by atoms with van der Waals surface area (Å²) in [6.45, 7) is 0. The Morgan fingerprint density at radius 2 is 1.36 bits per heavy atom. The molecule has 0 aromatic heterocycles. The van der Waals surface area contributed by atoms with Crippen molar-refractivity contribution in [2.24, 2.45) is 4.99 Å². The molecule has 2 N–H and O–H groups in total. The molecule has 3 aromatic rings. The first-order valence-corrected chi connectivity index (χ1v) is 7.54. The summed E-state index contributed by atoms with van der Waals surface area (Å²) in [5, 5.41) is 18.5. The number of benzene rings is 3. The van der Waals surface area contributed by atoms with Gasteiger partial charge in [0.15, 0.2) is 0 Å². The molecule has 0 atom stereocenters. The van der Waals surface area contributed by atoms with Crippen LogP contribution in [-0.4, -0.2) is 22.4 Å². The summed E-state index contributed by atoms with van der Waals surface area (Å²) < 4.78 is 5.28. The van der Waals surface area contributed by atoms with Gasteiger partial charge in [-0.3, -0.25) is 4.99 Å². The Hall–Kier alpha value is -3.60. The molecular weight excluding hydrogens is 318 g/mol. The van der Waals surface area contributed by atoms with E-state index in [2.05, 4.69) is 4.99 Å². The summed E-state index contributed by atoms with van der Waals surface area (Å²) in [4.78, 5) is 16.3. The van der Waals surface area contributed by atoms with Gasteiger partial charge >= 0.3 is 5.97 Å². The summed E-state index contributed by atoms with van der Waals surface area (Å²) in [5.41, 5.74) is 1.92. The molecule has 0 aliphatic rings. The van der Waals surface area contributed by atoms with Gasteiger partial charge in [-0.15, -0.1) is 0 Å². The zero-order valence-electron chi connectivity index (χ0n) is 13.2. The van der Waals surface area contributed by atoms with Crippen molar-refractivity contribution in [2.45, 2.75) is 0 Å². The van der Waals surface area contributed by atoms with E-state index >= 15 is 0 Å². The van der Waals surface area contributed by atoms with Crippen LogP contribution in [0.4, 0.5) is 5.69 Å². The first-order valence-electron chi connectivity index (χ1n) is 7.54. The molecule has 0 aliphatic heterocycles. The molecule has 0 fully saturated rings. The average molecular weight is 333 g/mol. The van der Waals surface area contributed by atoms with Crippen LogP contribution in [-0.2, 0) is 0 Å². The van der Waals surface area contributed by atoms with Crippen molar-refractivity contribution in [3.05, 3.63) is 83.9 Å². The minimum absolute atomic E-state index is 0.0915. The second kappa shape index (κ2) is 7.31. The number of aliphatic imine (C=N–C) groups is 1. The molecule has 0 amide bonds. The smallest absolute Gasteiger partial charge is 0.343 e. The van der Waals surface area contributed by atoms with Gasteiger partial charge in [0, 0.05) is 6.21 Å². The molecule has 25 heavy (non-hydrogen) atoms. The molecule has 0 spiro atoms. The number of hydrogen-bond donors (Lipinski definition) is 2. The van der Waals surface area contributed by atoms with Crippen molar-refractivity contribution in [3.8, 4) is 17.2 Å². The summed E-state index contributed by atoms with van der Waals surface area (Å²) in [7, 11) is 0. The van der Waals surface area contributed by atoms with E-state index in [1.165, 1.54) is 24.3 Å². The van der Waals surface area contributed by atoms with Crippen molar-refractivity contribution in [1.82, 2.24) is 0 Å². The van der Waals surface area contributed by atoms with E-state index in [4.69, 9.17) is 4.74 Å². The number of hydrogen-bond acceptors (Lipinski definition) is 5. The molecule has 5 heteroatoms. The Bertz CT molecular complexity index is 882. The highest BCUT2D eigenvalue weighted by molar-refractivity contribution is 5.91. The molecule has 0 heterocycles. The number of phenolic OH excluding ortho intramolecular Hbond substituents is 2. The van der Waals surface area contributed by atoms with Crippen LogP contribution in [0.5, 0.6) is 17.2 Å². The standard InChI is InChI=1S/C20H15NO4/c22-17-7-3-15(4-8-17)20(24)25-19-11-1-14(2-12-19)13-21-16-5-9-18(23)10-6-16/h1-13,22-23H. The lowest BCUT2D eigenvalue weighted by Gasteiger charge is -2.04. The summed E-state index contributed by atoms with van der Waals surface area (Å²) in [5.74, 6) is 0.206. The van der Waals surface area contributed by atoms with Crippen molar-refractivity contribution in [1.29, 1.82) is 0 Å². The highest BCUT2D eigenvalue weighted by atomic mass is 16.5. The Morgan fingerprint density at radius 1 is 0.800 bits per heavy atom. The first-order chi connectivity index (χ1) is 12.1. The van der Waals surface area contributed by atoms with Gasteiger partial charge < -0.3 is 14.9 Å². The van der Waals surface area contributed by atoms with Gasteiger partial charge in [0.05, 0.1) is 11.3 Å². The Labute approximate surface area is 144 Å².